The Morgan fingerprint density at radius 1 is 1.40 bits per heavy atom. The molecule has 1 heterocycles. The van der Waals surface area contributed by atoms with Crippen LogP contribution < -0.4 is 5.32 Å². The maximum Gasteiger partial charge on any atom is 0.156 e. The van der Waals surface area contributed by atoms with E-state index in [1.807, 2.05) is 0 Å². The Morgan fingerprint density at radius 3 is 2.40 bits per heavy atom. The van der Waals surface area contributed by atoms with E-state index < -0.39 is 18.4 Å². The van der Waals surface area contributed by atoms with Gasteiger partial charge in [0.15, 0.2) is 6.30 Å². The van der Waals surface area contributed by atoms with Crippen LogP contribution in [0.25, 0.3) is 0 Å². The number of hydrogen-bond donors (Lipinski definition) is 1. The summed E-state index contributed by atoms with van der Waals surface area (Å²) in [6, 6.07) is 0. The van der Waals surface area contributed by atoms with Crippen LogP contribution in [0.4, 0.5) is 8.78 Å². The lowest BCUT2D eigenvalue weighted by molar-refractivity contribution is 0.0743. The second-order valence-electron chi connectivity index (χ2n) is 2.52. The number of hydrogen-bond acceptors (Lipinski definition) is 1. The maximum atomic E-state index is 12.5. The van der Waals surface area contributed by atoms with E-state index in [1.165, 1.54) is 0 Å². The van der Waals surface area contributed by atoms with Crippen LogP contribution in [0.1, 0.15) is 13.3 Å². The monoisotopic (exact) mass is 171 g/mol. The number of rotatable bonds is 0. The van der Waals surface area contributed by atoms with Crippen molar-refractivity contribution < 1.29 is 8.78 Å². The lowest BCUT2D eigenvalue weighted by atomic mass is 9.99. The van der Waals surface area contributed by atoms with Gasteiger partial charge in [-0.1, -0.05) is 6.92 Å². The Balaban J connectivity index is 0.000000810. The molecule has 10 heavy (non-hydrogen) atoms. The highest BCUT2D eigenvalue weighted by atomic mass is 35.5. The fourth-order valence-corrected chi connectivity index (χ4v) is 0.991. The molecule has 1 nitrogen and oxygen atoms in total. The average molecular weight is 172 g/mol. The second kappa shape index (κ2) is 4.09. The van der Waals surface area contributed by atoms with Crippen molar-refractivity contribution in [3.63, 3.8) is 0 Å². The van der Waals surface area contributed by atoms with Crippen molar-refractivity contribution in [3.05, 3.63) is 0 Å². The highest BCUT2D eigenvalue weighted by Gasteiger charge is 2.28. The van der Waals surface area contributed by atoms with Gasteiger partial charge in [-0.05, 0) is 6.42 Å². The van der Waals surface area contributed by atoms with E-state index in [0.717, 1.165) is 0 Å². The summed E-state index contributed by atoms with van der Waals surface area (Å²) in [6.45, 7) is 2.05. The molecule has 0 spiro atoms. The van der Waals surface area contributed by atoms with E-state index in [-0.39, 0.29) is 12.4 Å². The minimum absolute atomic E-state index is 0. The van der Waals surface area contributed by atoms with Crippen molar-refractivity contribution in [2.75, 3.05) is 6.54 Å². The second-order valence-corrected chi connectivity index (χ2v) is 2.52. The summed E-state index contributed by atoms with van der Waals surface area (Å²) in [5.74, 6) is -0.473. The van der Waals surface area contributed by atoms with Crippen LogP contribution in [0.5, 0.6) is 0 Å². The number of nitrogens with one attached hydrogen (secondary N) is 1. The van der Waals surface area contributed by atoms with Crippen LogP contribution in [-0.2, 0) is 0 Å². The molecule has 0 aromatic heterocycles. The molecular formula is C6H12ClF2N. The van der Waals surface area contributed by atoms with E-state index in [9.17, 15) is 8.78 Å². The van der Waals surface area contributed by atoms with E-state index in [1.54, 1.807) is 6.92 Å². The number of piperidine rings is 1. The summed E-state index contributed by atoms with van der Waals surface area (Å²) >= 11 is 0. The smallest absolute Gasteiger partial charge is 0.156 e. The molecule has 1 aliphatic heterocycles. The van der Waals surface area contributed by atoms with Gasteiger partial charge in [-0.2, -0.15) is 0 Å². The summed E-state index contributed by atoms with van der Waals surface area (Å²) in [5.41, 5.74) is 0. The van der Waals surface area contributed by atoms with Crippen LogP contribution in [0, 0.1) is 5.92 Å². The quantitative estimate of drug-likeness (QED) is 0.547. The SMILES string of the molecule is CC1C(F)CCNC1F.Cl. The van der Waals surface area contributed by atoms with Crippen molar-refractivity contribution in [2.24, 2.45) is 5.92 Å². The van der Waals surface area contributed by atoms with E-state index >= 15 is 0 Å². The Hall–Kier alpha value is 0.110. The van der Waals surface area contributed by atoms with Crippen molar-refractivity contribution in [1.29, 1.82) is 0 Å². The number of halogens is 3. The Morgan fingerprint density at radius 2 is 2.00 bits per heavy atom. The topological polar surface area (TPSA) is 12.0 Å². The third-order valence-corrected chi connectivity index (χ3v) is 1.79. The van der Waals surface area contributed by atoms with Crippen LogP contribution in [0.2, 0.25) is 0 Å². The Kier molecular flexibility index (Phi) is 4.13. The van der Waals surface area contributed by atoms with Crippen LogP contribution in [-0.4, -0.2) is 19.0 Å². The molecule has 3 unspecified atom stereocenters. The molecule has 0 amide bonds. The highest BCUT2D eigenvalue weighted by molar-refractivity contribution is 5.85. The molecule has 0 saturated carbocycles. The largest absolute Gasteiger partial charge is 0.287 e. The van der Waals surface area contributed by atoms with Gasteiger partial charge >= 0.3 is 0 Å². The minimum atomic E-state index is -1.14. The van der Waals surface area contributed by atoms with Crippen molar-refractivity contribution in [3.8, 4) is 0 Å². The minimum Gasteiger partial charge on any atom is -0.287 e. The summed E-state index contributed by atoms with van der Waals surface area (Å²) in [5, 5.41) is 2.56. The number of alkyl halides is 2. The van der Waals surface area contributed by atoms with Crippen LogP contribution in [0.3, 0.4) is 0 Å². The normalized spacial score (nSPS) is 40.5. The average Bonchev–Trinajstić information content (AvgIpc) is 1.83. The molecule has 0 aliphatic carbocycles. The molecule has 62 valence electrons. The van der Waals surface area contributed by atoms with Gasteiger partial charge in [0.2, 0.25) is 0 Å². The van der Waals surface area contributed by atoms with Crippen molar-refractivity contribution >= 4 is 12.4 Å². The molecule has 0 aromatic rings. The predicted molar refractivity (Wildman–Crippen MR) is 38.8 cm³/mol. The summed E-state index contributed by atoms with van der Waals surface area (Å²) in [4.78, 5) is 0. The molecule has 0 aromatic carbocycles. The summed E-state index contributed by atoms with van der Waals surface area (Å²) in [7, 11) is 0. The van der Waals surface area contributed by atoms with Crippen molar-refractivity contribution in [2.45, 2.75) is 25.8 Å². The fourth-order valence-electron chi connectivity index (χ4n) is 0.991. The highest BCUT2D eigenvalue weighted by Crippen LogP contribution is 2.19. The van der Waals surface area contributed by atoms with E-state index in [2.05, 4.69) is 5.32 Å². The van der Waals surface area contributed by atoms with Gasteiger partial charge in [0.25, 0.3) is 0 Å². The van der Waals surface area contributed by atoms with Crippen LogP contribution in [0.15, 0.2) is 0 Å². The van der Waals surface area contributed by atoms with E-state index in [0.29, 0.717) is 13.0 Å². The molecule has 0 bridgehead atoms. The molecular weight excluding hydrogens is 160 g/mol. The third-order valence-electron chi connectivity index (χ3n) is 1.79. The van der Waals surface area contributed by atoms with Gasteiger partial charge < -0.3 is 0 Å². The van der Waals surface area contributed by atoms with Gasteiger partial charge in [-0.25, -0.2) is 8.78 Å². The third kappa shape index (κ3) is 2.06. The first kappa shape index (κ1) is 10.1. The van der Waals surface area contributed by atoms with Gasteiger partial charge in [0.1, 0.15) is 6.17 Å². The Labute approximate surface area is 65.6 Å². The first-order valence-electron chi connectivity index (χ1n) is 3.23. The molecule has 0 radical (unpaired) electrons. The zero-order valence-electron chi connectivity index (χ0n) is 5.81. The molecule has 1 saturated heterocycles. The fraction of sp³-hybridized carbons (Fsp3) is 1.00. The maximum absolute atomic E-state index is 12.5. The lowest BCUT2D eigenvalue weighted by Crippen LogP contribution is -2.42. The molecule has 1 fully saturated rings. The van der Waals surface area contributed by atoms with E-state index in [4.69, 9.17) is 0 Å². The Bertz CT molecular complexity index is 91.7. The standard InChI is InChI=1S/C6H11F2N.ClH/c1-4-5(7)2-3-9-6(4)8;/h4-6,9H,2-3H2,1H3;1H. The summed E-state index contributed by atoms with van der Waals surface area (Å²) in [6.07, 6.45) is -1.66. The van der Waals surface area contributed by atoms with Gasteiger partial charge in [0.05, 0.1) is 0 Å². The van der Waals surface area contributed by atoms with Crippen LogP contribution >= 0.6 is 12.4 Å². The zero-order chi connectivity index (χ0) is 6.85. The van der Waals surface area contributed by atoms with Gasteiger partial charge in [-0.3, -0.25) is 5.32 Å². The van der Waals surface area contributed by atoms with Gasteiger partial charge in [0, 0.05) is 12.5 Å². The first-order chi connectivity index (χ1) is 4.22. The predicted octanol–water partition coefficient (Wildman–Crippen LogP) is 1.67. The first-order valence-corrected chi connectivity index (χ1v) is 3.23. The molecule has 1 N–H and O–H groups in total. The molecule has 4 heteroatoms. The molecule has 1 aliphatic rings. The zero-order valence-corrected chi connectivity index (χ0v) is 6.63. The summed E-state index contributed by atoms with van der Waals surface area (Å²) < 4.78 is 25.0. The van der Waals surface area contributed by atoms with Gasteiger partial charge in [-0.15, -0.1) is 12.4 Å². The molecule has 1 rings (SSSR count). The lowest BCUT2D eigenvalue weighted by Gasteiger charge is -2.26. The van der Waals surface area contributed by atoms with Crippen molar-refractivity contribution in [1.82, 2.24) is 5.32 Å². The molecule has 3 atom stereocenters.